The molecule has 0 aliphatic heterocycles. The first-order valence-corrected chi connectivity index (χ1v) is 5.75. The Hall–Kier alpha value is -0.750. The second-order valence-electron chi connectivity index (χ2n) is 3.08. The molecule has 0 aromatic heterocycles. The molecule has 5 nitrogen and oxygen atoms in total. The van der Waals surface area contributed by atoms with Gasteiger partial charge in [0.2, 0.25) is 0 Å². The Balaban J connectivity index is 3.98. The molecule has 0 saturated carbocycles. The summed E-state index contributed by atoms with van der Waals surface area (Å²) in [7, 11) is 1.26. The summed E-state index contributed by atoms with van der Waals surface area (Å²) < 4.78 is 4.44. The fourth-order valence-corrected chi connectivity index (χ4v) is 2.10. The molecule has 0 aromatic carbocycles. The fourth-order valence-electron chi connectivity index (χ4n) is 0.980. The van der Waals surface area contributed by atoms with Gasteiger partial charge >= 0.3 is 11.9 Å². The van der Waals surface area contributed by atoms with E-state index in [-0.39, 0.29) is 5.75 Å². The van der Waals surface area contributed by atoms with Gasteiger partial charge in [0.05, 0.1) is 7.11 Å². The van der Waals surface area contributed by atoms with E-state index in [1.54, 1.807) is 0 Å². The van der Waals surface area contributed by atoms with Crippen LogP contribution in [0.2, 0.25) is 0 Å². The van der Waals surface area contributed by atoms with Gasteiger partial charge in [-0.2, -0.15) is 0 Å². The lowest BCUT2D eigenvalue weighted by Crippen LogP contribution is -2.35. The summed E-state index contributed by atoms with van der Waals surface area (Å²) in [5, 5.41) is 8.34. The minimum Gasteiger partial charge on any atom is -0.480 e. The first kappa shape index (κ1) is 14.2. The monoisotopic (exact) mass is 235 g/mol. The Morgan fingerprint density at radius 3 is 2.53 bits per heavy atom. The van der Waals surface area contributed by atoms with E-state index in [9.17, 15) is 9.59 Å². The summed E-state index contributed by atoms with van der Waals surface area (Å²) in [4.78, 5) is 21.7. The smallest absolute Gasteiger partial charge is 0.323 e. The SMILES string of the molecule is CCCC(SCC(N)C(=O)OC)C(=O)O. The fraction of sp³-hybridized carbons (Fsp3) is 0.778. The molecule has 2 unspecified atom stereocenters. The van der Waals surface area contributed by atoms with E-state index in [0.29, 0.717) is 6.42 Å². The topological polar surface area (TPSA) is 89.6 Å². The number of aliphatic carboxylic acids is 1. The summed E-state index contributed by atoms with van der Waals surface area (Å²) in [5.41, 5.74) is 5.48. The number of carboxylic acid groups (broad SMARTS) is 1. The third-order valence-electron chi connectivity index (χ3n) is 1.81. The maximum atomic E-state index is 10.9. The third-order valence-corrected chi connectivity index (χ3v) is 3.20. The molecule has 2 atom stereocenters. The van der Waals surface area contributed by atoms with E-state index >= 15 is 0 Å². The van der Waals surface area contributed by atoms with Gasteiger partial charge in [-0.15, -0.1) is 11.8 Å². The predicted octanol–water partition coefficient (Wildman–Crippen LogP) is 0.473. The van der Waals surface area contributed by atoms with Crippen molar-refractivity contribution in [2.24, 2.45) is 5.73 Å². The minimum absolute atomic E-state index is 0.268. The molecule has 0 aliphatic carbocycles. The molecule has 15 heavy (non-hydrogen) atoms. The zero-order valence-electron chi connectivity index (χ0n) is 8.93. The molecule has 0 rings (SSSR count). The van der Waals surface area contributed by atoms with Crippen molar-refractivity contribution in [3.8, 4) is 0 Å². The molecule has 88 valence electrons. The highest BCUT2D eigenvalue weighted by molar-refractivity contribution is 8.00. The minimum atomic E-state index is -0.862. The van der Waals surface area contributed by atoms with E-state index in [1.165, 1.54) is 18.9 Å². The van der Waals surface area contributed by atoms with Gasteiger partial charge in [-0.25, -0.2) is 0 Å². The van der Waals surface area contributed by atoms with Crippen LogP contribution in [0.5, 0.6) is 0 Å². The Kier molecular flexibility index (Phi) is 7.15. The number of carboxylic acids is 1. The van der Waals surface area contributed by atoms with Crippen molar-refractivity contribution in [1.29, 1.82) is 0 Å². The first-order valence-electron chi connectivity index (χ1n) is 4.70. The van der Waals surface area contributed by atoms with Crippen molar-refractivity contribution in [2.45, 2.75) is 31.1 Å². The predicted molar refractivity (Wildman–Crippen MR) is 58.8 cm³/mol. The van der Waals surface area contributed by atoms with E-state index < -0.39 is 23.2 Å². The second kappa shape index (κ2) is 7.53. The molecular weight excluding hydrogens is 218 g/mol. The Morgan fingerprint density at radius 1 is 1.53 bits per heavy atom. The molecule has 0 amide bonds. The molecular formula is C9H17NO4S. The molecule has 0 radical (unpaired) electrons. The standard InChI is InChI=1S/C9H17NO4S/c1-3-4-7(8(11)12)15-5-6(10)9(13)14-2/h6-7H,3-5,10H2,1-2H3,(H,11,12). The van der Waals surface area contributed by atoms with Crippen LogP contribution in [0.25, 0.3) is 0 Å². The molecule has 0 aliphatic rings. The van der Waals surface area contributed by atoms with E-state index in [1.807, 2.05) is 6.92 Å². The van der Waals surface area contributed by atoms with Crippen LogP contribution in [0.3, 0.4) is 0 Å². The van der Waals surface area contributed by atoms with Gasteiger partial charge < -0.3 is 15.6 Å². The van der Waals surface area contributed by atoms with Crippen LogP contribution in [0.15, 0.2) is 0 Å². The maximum Gasteiger partial charge on any atom is 0.323 e. The van der Waals surface area contributed by atoms with Crippen LogP contribution in [-0.4, -0.2) is 41.2 Å². The Morgan fingerprint density at radius 2 is 2.13 bits per heavy atom. The van der Waals surface area contributed by atoms with Crippen molar-refractivity contribution in [3.63, 3.8) is 0 Å². The highest BCUT2D eigenvalue weighted by Crippen LogP contribution is 2.17. The van der Waals surface area contributed by atoms with Gasteiger partial charge in [0.25, 0.3) is 0 Å². The molecule has 0 bridgehead atoms. The van der Waals surface area contributed by atoms with Gasteiger partial charge in [0.15, 0.2) is 0 Å². The number of ether oxygens (including phenoxy) is 1. The van der Waals surface area contributed by atoms with E-state index in [0.717, 1.165) is 6.42 Å². The van der Waals surface area contributed by atoms with Crippen LogP contribution in [0, 0.1) is 0 Å². The normalized spacial score (nSPS) is 14.3. The zero-order chi connectivity index (χ0) is 11.8. The number of esters is 1. The highest BCUT2D eigenvalue weighted by atomic mass is 32.2. The number of thioether (sulfide) groups is 1. The van der Waals surface area contributed by atoms with Crippen LogP contribution in [0.1, 0.15) is 19.8 Å². The van der Waals surface area contributed by atoms with Crippen LogP contribution >= 0.6 is 11.8 Å². The number of nitrogens with two attached hydrogens (primary N) is 1. The zero-order valence-corrected chi connectivity index (χ0v) is 9.75. The number of rotatable bonds is 7. The van der Waals surface area contributed by atoms with Crippen molar-refractivity contribution in [1.82, 2.24) is 0 Å². The number of carbonyl (C=O) groups excluding carboxylic acids is 1. The quantitative estimate of drug-likeness (QED) is 0.624. The van der Waals surface area contributed by atoms with Crippen molar-refractivity contribution < 1.29 is 19.4 Å². The van der Waals surface area contributed by atoms with Crippen molar-refractivity contribution >= 4 is 23.7 Å². The van der Waals surface area contributed by atoms with Gasteiger partial charge in [-0.05, 0) is 6.42 Å². The van der Waals surface area contributed by atoms with Crippen molar-refractivity contribution in [2.75, 3.05) is 12.9 Å². The van der Waals surface area contributed by atoms with E-state index in [2.05, 4.69) is 4.74 Å². The van der Waals surface area contributed by atoms with Gasteiger partial charge in [-0.1, -0.05) is 13.3 Å². The Labute approximate surface area is 93.4 Å². The molecule has 0 heterocycles. The lowest BCUT2D eigenvalue weighted by atomic mass is 10.2. The summed E-state index contributed by atoms with van der Waals surface area (Å²) in [6, 6.07) is -0.751. The van der Waals surface area contributed by atoms with Gasteiger partial charge in [0, 0.05) is 5.75 Å². The second-order valence-corrected chi connectivity index (χ2v) is 4.31. The van der Waals surface area contributed by atoms with Crippen LogP contribution in [-0.2, 0) is 14.3 Å². The number of methoxy groups -OCH3 is 1. The molecule has 0 aromatic rings. The molecule has 3 N–H and O–H groups in total. The molecule has 0 fully saturated rings. The lowest BCUT2D eigenvalue weighted by molar-refractivity contribution is -0.141. The average Bonchev–Trinajstić information content (AvgIpc) is 2.21. The van der Waals surface area contributed by atoms with Gasteiger partial charge in [0.1, 0.15) is 11.3 Å². The lowest BCUT2D eigenvalue weighted by Gasteiger charge is -2.13. The van der Waals surface area contributed by atoms with Gasteiger partial charge in [-0.3, -0.25) is 9.59 Å². The number of carbonyl (C=O) groups is 2. The summed E-state index contributed by atoms with van der Waals surface area (Å²) >= 11 is 1.18. The average molecular weight is 235 g/mol. The van der Waals surface area contributed by atoms with Crippen LogP contribution in [0.4, 0.5) is 0 Å². The van der Waals surface area contributed by atoms with Crippen molar-refractivity contribution in [3.05, 3.63) is 0 Å². The summed E-state index contributed by atoms with van der Waals surface area (Å²) in [6.45, 7) is 1.91. The van der Waals surface area contributed by atoms with Crippen LogP contribution < -0.4 is 5.73 Å². The molecule has 0 saturated heterocycles. The summed E-state index contributed by atoms with van der Waals surface area (Å²) in [5.74, 6) is -1.11. The Bertz CT molecular complexity index is 222. The number of hydrogen-bond donors (Lipinski definition) is 2. The number of hydrogen-bond acceptors (Lipinski definition) is 5. The largest absolute Gasteiger partial charge is 0.480 e. The first-order chi connectivity index (χ1) is 7.02. The molecule has 0 spiro atoms. The third kappa shape index (κ3) is 5.64. The maximum absolute atomic E-state index is 10.9. The van der Waals surface area contributed by atoms with E-state index in [4.69, 9.17) is 10.8 Å². The molecule has 6 heteroatoms. The highest BCUT2D eigenvalue weighted by Gasteiger charge is 2.21. The summed E-state index contributed by atoms with van der Waals surface area (Å²) in [6.07, 6.45) is 1.37.